The molecule has 1 saturated heterocycles. The molecule has 1 aromatic carbocycles. The van der Waals surface area contributed by atoms with Gasteiger partial charge >= 0.3 is 5.51 Å². The van der Waals surface area contributed by atoms with Crippen molar-refractivity contribution in [2.24, 2.45) is 0 Å². The van der Waals surface area contributed by atoms with Crippen molar-refractivity contribution >= 4 is 9.84 Å². The molecule has 6 nitrogen and oxygen atoms in total. The van der Waals surface area contributed by atoms with Gasteiger partial charge in [0.05, 0.1) is 17.9 Å². The van der Waals surface area contributed by atoms with Crippen LogP contribution >= 0.6 is 0 Å². The number of ether oxygens (including phenoxy) is 2. The maximum atomic E-state index is 14.0. The zero-order valence-electron chi connectivity index (χ0n) is 14.1. The molecule has 1 aliphatic heterocycles. The van der Waals surface area contributed by atoms with Gasteiger partial charge in [-0.2, -0.15) is 13.2 Å². The van der Waals surface area contributed by atoms with Crippen LogP contribution in [0.3, 0.4) is 0 Å². The molecule has 0 spiro atoms. The molecule has 0 amide bonds. The van der Waals surface area contributed by atoms with Gasteiger partial charge in [0.2, 0.25) is 0 Å². The molecule has 154 valence electrons. The first kappa shape index (κ1) is 20.8. The SMILES string of the molecule is [C-]#[N+]C1(CCOc2ccc(S(=O)(=O)C(F)(F)F)c3c2CC(F)(F)[C@H]3O)COC1. The van der Waals surface area contributed by atoms with E-state index in [1.165, 1.54) is 0 Å². The van der Waals surface area contributed by atoms with E-state index in [0.29, 0.717) is 6.07 Å². The van der Waals surface area contributed by atoms with Gasteiger partial charge in [-0.1, -0.05) is 0 Å². The Labute approximate surface area is 156 Å². The van der Waals surface area contributed by atoms with Crippen LogP contribution in [-0.4, -0.2) is 50.3 Å². The van der Waals surface area contributed by atoms with Gasteiger partial charge in [-0.25, -0.2) is 23.8 Å². The van der Waals surface area contributed by atoms with E-state index in [2.05, 4.69) is 4.85 Å². The Morgan fingerprint density at radius 3 is 2.46 bits per heavy atom. The topological polar surface area (TPSA) is 77.2 Å². The lowest BCUT2D eigenvalue weighted by molar-refractivity contribution is -0.0978. The first-order valence-electron chi connectivity index (χ1n) is 7.97. The summed E-state index contributed by atoms with van der Waals surface area (Å²) in [5.41, 5.74) is -8.02. The van der Waals surface area contributed by atoms with E-state index in [9.17, 15) is 35.5 Å². The number of aliphatic hydroxyl groups is 1. The van der Waals surface area contributed by atoms with Gasteiger partial charge in [-0.15, -0.1) is 0 Å². The molecule has 1 aromatic rings. The normalized spacial score (nSPS) is 22.8. The second-order valence-electron chi connectivity index (χ2n) is 6.67. The molecule has 1 aliphatic carbocycles. The van der Waals surface area contributed by atoms with Gasteiger partial charge in [0.1, 0.15) is 25.1 Å². The van der Waals surface area contributed by atoms with Crippen molar-refractivity contribution in [1.82, 2.24) is 0 Å². The van der Waals surface area contributed by atoms with Crippen LogP contribution in [0.2, 0.25) is 0 Å². The minimum Gasteiger partial charge on any atom is -0.493 e. The highest BCUT2D eigenvalue weighted by Crippen LogP contribution is 2.50. The molecule has 0 unspecified atom stereocenters. The third-order valence-corrected chi connectivity index (χ3v) is 6.30. The zero-order chi connectivity index (χ0) is 21.0. The summed E-state index contributed by atoms with van der Waals surface area (Å²) in [5, 5.41) is 9.79. The average molecular weight is 427 g/mol. The summed E-state index contributed by atoms with van der Waals surface area (Å²) in [5.74, 6) is -4.11. The molecule has 0 radical (unpaired) electrons. The Morgan fingerprint density at radius 2 is 1.96 bits per heavy atom. The molecule has 3 rings (SSSR count). The second-order valence-corrected chi connectivity index (χ2v) is 8.58. The number of fused-ring (bicyclic) bond motifs is 1. The summed E-state index contributed by atoms with van der Waals surface area (Å²) in [7, 11) is -5.95. The van der Waals surface area contributed by atoms with Crippen LogP contribution in [0.15, 0.2) is 17.0 Å². The number of benzene rings is 1. The van der Waals surface area contributed by atoms with Gasteiger partial charge in [-0.3, -0.25) is 0 Å². The fourth-order valence-electron chi connectivity index (χ4n) is 3.10. The van der Waals surface area contributed by atoms with Crippen molar-refractivity contribution in [2.45, 2.75) is 40.8 Å². The first-order valence-corrected chi connectivity index (χ1v) is 9.45. The van der Waals surface area contributed by atoms with Crippen molar-refractivity contribution in [3.63, 3.8) is 0 Å². The number of hydrogen-bond donors (Lipinski definition) is 1. The smallest absolute Gasteiger partial charge is 0.493 e. The second kappa shape index (κ2) is 6.53. The third-order valence-electron chi connectivity index (χ3n) is 4.76. The summed E-state index contributed by atoms with van der Waals surface area (Å²) in [6, 6.07) is 1.35. The van der Waals surface area contributed by atoms with Crippen LogP contribution in [0.4, 0.5) is 22.0 Å². The van der Waals surface area contributed by atoms with E-state index in [1.807, 2.05) is 0 Å². The van der Waals surface area contributed by atoms with E-state index < -0.39 is 55.4 Å². The standard InChI is InChI=1S/C16H14F5NO5S/c1-22-14(7-26-8-14)4-5-27-10-2-3-11(28(24,25)16(19,20)21)12-9(10)6-15(17,18)13(12)23/h2-3,13,23H,4-8H2/t13-/m0/s1. The van der Waals surface area contributed by atoms with E-state index in [-0.39, 0.29) is 32.0 Å². The molecular formula is C16H14F5NO5S. The molecule has 12 heteroatoms. The highest BCUT2D eigenvalue weighted by Gasteiger charge is 2.55. The predicted molar refractivity (Wildman–Crippen MR) is 83.6 cm³/mol. The summed E-state index contributed by atoms with van der Waals surface area (Å²) >= 11 is 0. The molecule has 2 aliphatic rings. The Kier molecular flexibility index (Phi) is 4.84. The summed E-state index contributed by atoms with van der Waals surface area (Å²) in [4.78, 5) is 2.00. The quantitative estimate of drug-likeness (QED) is 0.578. The van der Waals surface area contributed by atoms with E-state index >= 15 is 0 Å². The van der Waals surface area contributed by atoms with Crippen molar-refractivity contribution in [3.05, 3.63) is 34.7 Å². The van der Waals surface area contributed by atoms with Crippen molar-refractivity contribution in [2.75, 3.05) is 19.8 Å². The number of sulfone groups is 1. The highest BCUT2D eigenvalue weighted by atomic mass is 32.2. The van der Waals surface area contributed by atoms with Crippen LogP contribution in [0.5, 0.6) is 5.75 Å². The molecule has 28 heavy (non-hydrogen) atoms. The predicted octanol–water partition coefficient (Wildman–Crippen LogP) is 2.66. The molecule has 1 atom stereocenters. The fourth-order valence-corrected chi connectivity index (χ4v) is 4.12. The maximum Gasteiger partial charge on any atom is 0.501 e. The molecular weight excluding hydrogens is 413 g/mol. The van der Waals surface area contributed by atoms with Gasteiger partial charge in [0, 0.05) is 17.5 Å². The van der Waals surface area contributed by atoms with Crippen LogP contribution in [0.1, 0.15) is 23.7 Å². The molecule has 1 fully saturated rings. The number of aliphatic hydroxyl groups excluding tert-OH is 1. The Morgan fingerprint density at radius 1 is 1.32 bits per heavy atom. The molecule has 0 aromatic heterocycles. The molecule has 0 saturated carbocycles. The number of nitrogens with zero attached hydrogens (tertiary/aromatic N) is 1. The molecule has 1 heterocycles. The van der Waals surface area contributed by atoms with Crippen LogP contribution < -0.4 is 4.74 Å². The average Bonchev–Trinajstić information content (AvgIpc) is 2.79. The Balaban J connectivity index is 1.96. The monoisotopic (exact) mass is 427 g/mol. The number of hydrogen-bond acceptors (Lipinski definition) is 5. The minimum atomic E-state index is -5.95. The van der Waals surface area contributed by atoms with Crippen molar-refractivity contribution in [3.8, 4) is 5.75 Å². The number of alkyl halides is 5. The van der Waals surface area contributed by atoms with Crippen LogP contribution in [0.25, 0.3) is 4.85 Å². The summed E-state index contributed by atoms with van der Waals surface area (Å²) < 4.78 is 100. The Bertz CT molecular complexity index is 934. The fraction of sp³-hybridized carbons (Fsp3) is 0.562. The minimum absolute atomic E-state index is 0.120. The van der Waals surface area contributed by atoms with Crippen LogP contribution in [-0.2, 0) is 21.0 Å². The van der Waals surface area contributed by atoms with Crippen molar-refractivity contribution in [1.29, 1.82) is 0 Å². The maximum absolute atomic E-state index is 14.0. The van der Waals surface area contributed by atoms with E-state index in [4.69, 9.17) is 16.0 Å². The van der Waals surface area contributed by atoms with Crippen molar-refractivity contribution < 1.29 is 45.0 Å². The van der Waals surface area contributed by atoms with Gasteiger partial charge in [0.15, 0.2) is 0 Å². The lowest BCUT2D eigenvalue weighted by Gasteiger charge is -2.29. The lowest BCUT2D eigenvalue weighted by atomic mass is 9.95. The van der Waals surface area contributed by atoms with Crippen LogP contribution in [0, 0.1) is 6.57 Å². The molecule has 0 bridgehead atoms. The third kappa shape index (κ3) is 3.21. The lowest BCUT2D eigenvalue weighted by Crippen LogP contribution is -2.47. The highest BCUT2D eigenvalue weighted by molar-refractivity contribution is 7.92. The summed E-state index contributed by atoms with van der Waals surface area (Å²) in [6.07, 6.45) is -3.70. The summed E-state index contributed by atoms with van der Waals surface area (Å²) in [6.45, 7) is 7.37. The number of rotatable bonds is 5. The largest absolute Gasteiger partial charge is 0.501 e. The first-order chi connectivity index (χ1) is 12.8. The number of halogens is 5. The van der Waals surface area contributed by atoms with E-state index in [1.54, 1.807) is 0 Å². The zero-order valence-corrected chi connectivity index (χ0v) is 14.9. The van der Waals surface area contributed by atoms with Gasteiger partial charge < -0.3 is 19.4 Å². The Hall–Kier alpha value is -1.97. The van der Waals surface area contributed by atoms with Gasteiger partial charge in [-0.05, 0) is 12.1 Å². The van der Waals surface area contributed by atoms with Gasteiger partial charge in [0.25, 0.3) is 21.3 Å². The van der Waals surface area contributed by atoms with E-state index in [0.717, 1.165) is 6.07 Å². The molecule has 1 N–H and O–H groups in total.